The van der Waals surface area contributed by atoms with Crippen LogP contribution in [0.4, 0.5) is 4.79 Å². The van der Waals surface area contributed by atoms with Gasteiger partial charge in [0.15, 0.2) is 0 Å². The molecule has 0 aromatic rings. The summed E-state index contributed by atoms with van der Waals surface area (Å²) >= 11 is 0. The van der Waals surface area contributed by atoms with E-state index in [0.29, 0.717) is 25.8 Å². The fourth-order valence-corrected chi connectivity index (χ4v) is 2.65. The second kappa shape index (κ2) is 10.2. The third-order valence-electron chi connectivity index (χ3n) is 4.21. The summed E-state index contributed by atoms with van der Waals surface area (Å²) in [5.74, 6) is -1.42. The van der Waals surface area contributed by atoms with Gasteiger partial charge in [0.1, 0.15) is 0 Å². The molecule has 1 aliphatic rings. The van der Waals surface area contributed by atoms with Crippen LogP contribution in [0.3, 0.4) is 0 Å². The zero-order valence-electron chi connectivity index (χ0n) is 14.7. The molecule has 0 saturated heterocycles. The summed E-state index contributed by atoms with van der Waals surface area (Å²) < 4.78 is 10.3. The van der Waals surface area contributed by atoms with Crippen molar-refractivity contribution in [2.75, 3.05) is 6.54 Å². The number of hydrogen-bond donors (Lipinski definition) is 2. The van der Waals surface area contributed by atoms with Crippen molar-refractivity contribution in [3.8, 4) is 0 Å². The van der Waals surface area contributed by atoms with Gasteiger partial charge in [-0.3, -0.25) is 9.59 Å². The third kappa shape index (κ3) is 7.19. The number of hydrogen-bond acceptors (Lipinski definition) is 5. The Morgan fingerprint density at radius 3 is 2.25 bits per heavy atom. The maximum Gasteiger partial charge on any atom is 0.410 e. The first-order chi connectivity index (χ1) is 11.3. The van der Waals surface area contributed by atoms with Crippen molar-refractivity contribution in [1.29, 1.82) is 0 Å². The molecular weight excluding hydrogens is 314 g/mol. The molecule has 7 nitrogen and oxygen atoms in total. The van der Waals surface area contributed by atoms with E-state index in [4.69, 9.17) is 14.6 Å². The van der Waals surface area contributed by atoms with Gasteiger partial charge in [0.05, 0.1) is 11.8 Å². The monoisotopic (exact) mass is 343 g/mol. The number of aliphatic carboxylic acids is 1. The number of nitrogens with one attached hydrogen (secondary N) is 1. The number of esters is 1. The average molecular weight is 343 g/mol. The Labute approximate surface area is 143 Å². The van der Waals surface area contributed by atoms with Crippen LogP contribution in [-0.4, -0.2) is 36.0 Å². The molecule has 0 heterocycles. The van der Waals surface area contributed by atoms with E-state index in [0.717, 1.165) is 19.3 Å². The van der Waals surface area contributed by atoms with Crippen molar-refractivity contribution in [2.45, 2.75) is 65.6 Å². The molecule has 24 heavy (non-hydrogen) atoms. The summed E-state index contributed by atoms with van der Waals surface area (Å²) in [4.78, 5) is 34.4. The molecule has 1 amide bonds. The fourth-order valence-electron chi connectivity index (χ4n) is 2.65. The number of alkyl carbamates (subject to hydrolysis) is 1. The highest BCUT2D eigenvalue weighted by Crippen LogP contribution is 2.28. The van der Waals surface area contributed by atoms with Crippen LogP contribution in [0.15, 0.2) is 0 Å². The first kappa shape index (κ1) is 20.3. The Balaban J connectivity index is 2.33. The lowest BCUT2D eigenvalue weighted by molar-refractivity contribution is -0.172. The van der Waals surface area contributed by atoms with Gasteiger partial charge in [0.25, 0.3) is 0 Å². The predicted octanol–water partition coefficient (Wildman–Crippen LogP) is 2.93. The predicted molar refractivity (Wildman–Crippen MR) is 87.2 cm³/mol. The van der Waals surface area contributed by atoms with Crippen LogP contribution in [0.2, 0.25) is 0 Å². The Morgan fingerprint density at radius 2 is 1.75 bits per heavy atom. The van der Waals surface area contributed by atoms with E-state index in [1.807, 2.05) is 6.92 Å². The lowest BCUT2D eigenvalue weighted by Gasteiger charge is -2.26. The fraction of sp³-hybridized carbons (Fsp3) is 0.824. The summed E-state index contributed by atoms with van der Waals surface area (Å²) in [7, 11) is 0. The van der Waals surface area contributed by atoms with Gasteiger partial charge in [-0.1, -0.05) is 20.8 Å². The molecule has 7 heteroatoms. The second-order valence-electron chi connectivity index (χ2n) is 6.65. The van der Waals surface area contributed by atoms with Gasteiger partial charge in [0, 0.05) is 13.0 Å². The van der Waals surface area contributed by atoms with Crippen molar-refractivity contribution in [1.82, 2.24) is 5.32 Å². The third-order valence-corrected chi connectivity index (χ3v) is 4.21. The van der Waals surface area contributed by atoms with E-state index >= 15 is 0 Å². The number of amides is 1. The number of carbonyl (C=O) groups excluding carboxylic acids is 2. The number of carboxylic acids is 1. The molecule has 1 saturated carbocycles. The van der Waals surface area contributed by atoms with Gasteiger partial charge in [-0.2, -0.15) is 0 Å². The van der Waals surface area contributed by atoms with E-state index in [1.54, 1.807) is 13.8 Å². The molecule has 2 N–H and O–H groups in total. The Bertz CT molecular complexity index is 429. The Hall–Kier alpha value is -1.79. The number of carbonyl (C=O) groups is 3. The normalized spacial score (nSPS) is 21.8. The molecule has 1 unspecified atom stereocenters. The van der Waals surface area contributed by atoms with Crippen LogP contribution >= 0.6 is 0 Å². The zero-order chi connectivity index (χ0) is 18.1. The molecule has 0 spiro atoms. The summed E-state index contributed by atoms with van der Waals surface area (Å²) in [5.41, 5.74) is 0. The summed E-state index contributed by atoms with van der Waals surface area (Å²) in [6.45, 7) is 5.80. The zero-order valence-corrected chi connectivity index (χ0v) is 14.7. The number of rotatable bonds is 8. The number of ether oxygens (including phenoxy) is 2. The highest BCUT2D eigenvalue weighted by Gasteiger charge is 2.26. The van der Waals surface area contributed by atoms with Gasteiger partial charge >= 0.3 is 18.0 Å². The van der Waals surface area contributed by atoms with Crippen molar-refractivity contribution >= 4 is 18.0 Å². The maximum absolute atomic E-state index is 11.9. The first-order valence-corrected chi connectivity index (χ1v) is 8.71. The molecular formula is C17H29NO6. The lowest BCUT2D eigenvalue weighted by Crippen LogP contribution is -2.36. The molecule has 1 atom stereocenters. The van der Waals surface area contributed by atoms with Crippen LogP contribution in [0, 0.1) is 17.8 Å². The molecule has 1 fully saturated rings. The van der Waals surface area contributed by atoms with Crippen molar-refractivity contribution < 1.29 is 29.0 Å². The van der Waals surface area contributed by atoms with Crippen LogP contribution in [0.5, 0.6) is 0 Å². The SMILES string of the molecule is CCCC(OC(=O)NC[C@H]1CC[C@H](C(=O)O)CC1)OC(=O)C(C)C. The molecule has 0 aromatic heterocycles. The van der Waals surface area contributed by atoms with Gasteiger partial charge in [0.2, 0.25) is 6.29 Å². The van der Waals surface area contributed by atoms with E-state index in [2.05, 4.69) is 5.32 Å². The van der Waals surface area contributed by atoms with E-state index in [1.165, 1.54) is 0 Å². The van der Waals surface area contributed by atoms with Crippen LogP contribution < -0.4 is 5.32 Å². The van der Waals surface area contributed by atoms with Gasteiger partial charge in [-0.25, -0.2) is 4.79 Å². The Morgan fingerprint density at radius 1 is 1.12 bits per heavy atom. The Kier molecular flexibility index (Phi) is 8.57. The highest BCUT2D eigenvalue weighted by atomic mass is 16.7. The van der Waals surface area contributed by atoms with Gasteiger partial charge in [-0.15, -0.1) is 0 Å². The second-order valence-corrected chi connectivity index (χ2v) is 6.65. The van der Waals surface area contributed by atoms with Gasteiger partial charge < -0.3 is 19.9 Å². The van der Waals surface area contributed by atoms with E-state index in [9.17, 15) is 14.4 Å². The molecule has 1 rings (SSSR count). The summed E-state index contributed by atoms with van der Waals surface area (Å²) in [6.07, 6.45) is 2.54. The maximum atomic E-state index is 11.9. The molecule has 0 aromatic carbocycles. The van der Waals surface area contributed by atoms with Crippen molar-refractivity contribution in [3.63, 3.8) is 0 Å². The average Bonchev–Trinajstić information content (AvgIpc) is 2.53. The van der Waals surface area contributed by atoms with Crippen LogP contribution in [0.1, 0.15) is 59.3 Å². The minimum absolute atomic E-state index is 0.260. The van der Waals surface area contributed by atoms with E-state index in [-0.39, 0.29) is 17.8 Å². The first-order valence-electron chi connectivity index (χ1n) is 8.71. The van der Waals surface area contributed by atoms with Crippen molar-refractivity contribution in [3.05, 3.63) is 0 Å². The molecule has 0 bridgehead atoms. The topological polar surface area (TPSA) is 102 Å². The van der Waals surface area contributed by atoms with Crippen LogP contribution in [-0.2, 0) is 19.1 Å². The number of carboxylic acid groups (broad SMARTS) is 1. The minimum atomic E-state index is -0.868. The standard InChI is InChI=1S/C17H29NO6/c1-4-5-14(23-16(21)11(2)3)24-17(22)18-10-12-6-8-13(9-7-12)15(19)20/h11-14H,4-10H2,1-3H3,(H,18,22)(H,19,20)/t12-,13-,14?. The smallest absolute Gasteiger partial charge is 0.410 e. The quantitative estimate of drug-likeness (QED) is 0.519. The molecule has 0 aliphatic heterocycles. The van der Waals surface area contributed by atoms with E-state index < -0.39 is 24.3 Å². The summed E-state index contributed by atoms with van der Waals surface area (Å²) in [6, 6.07) is 0. The molecule has 138 valence electrons. The van der Waals surface area contributed by atoms with Crippen LogP contribution in [0.25, 0.3) is 0 Å². The lowest BCUT2D eigenvalue weighted by atomic mass is 9.82. The summed E-state index contributed by atoms with van der Waals surface area (Å²) in [5, 5.41) is 11.7. The highest BCUT2D eigenvalue weighted by molar-refractivity contribution is 5.72. The van der Waals surface area contributed by atoms with Crippen molar-refractivity contribution in [2.24, 2.45) is 17.8 Å². The largest absolute Gasteiger partial charge is 0.481 e. The van der Waals surface area contributed by atoms with Gasteiger partial charge in [-0.05, 0) is 38.0 Å². The molecule has 1 aliphatic carbocycles. The minimum Gasteiger partial charge on any atom is -0.481 e. The molecule has 0 radical (unpaired) electrons.